The van der Waals surface area contributed by atoms with Crippen molar-refractivity contribution < 1.29 is 13.2 Å². The van der Waals surface area contributed by atoms with Gasteiger partial charge in [0.2, 0.25) is 10.0 Å². The van der Waals surface area contributed by atoms with Crippen LogP contribution in [0.25, 0.3) is 0 Å². The van der Waals surface area contributed by atoms with E-state index in [-0.39, 0.29) is 10.9 Å². The molecule has 0 saturated heterocycles. The topological polar surface area (TPSA) is 55.4 Å². The van der Waals surface area contributed by atoms with E-state index in [9.17, 15) is 8.42 Å². The van der Waals surface area contributed by atoms with Crippen LogP contribution < -0.4 is 9.46 Å². The minimum absolute atomic E-state index is 0.0266. The van der Waals surface area contributed by atoms with Crippen LogP contribution in [0.5, 0.6) is 5.75 Å². The second kappa shape index (κ2) is 6.79. The summed E-state index contributed by atoms with van der Waals surface area (Å²) in [5.41, 5.74) is 0.993. The summed E-state index contributed by atoms with van der Waals surface area (Å²) in [6.45, 7) is 4.13. The zero-order chi connectivity index (χ0) is 15.5. The minimum atomic E-state index is -3.54. The molecule has 1 aliphatic rings. The Morgan fingerprint density at radius 1 is 1.29 bits per heavy atom. The summed E-state index contributed by atoms with van der Waals surface area (Å²) in [7, 11) is -2.04. The van der Waals surface area contributed by atoms with E-state index in [4.69, 9.17) is 4.74 Å². The number of ether oxygens (including phenoxy) is 1. The molecule has 0 spiro atoms. The SMILES string of the molecule is CCc1ccc(OC)c(S(=O)(=O)N[C@@H]2CCCC[C@@H]2C)c1. The standard InChI is InChI=1S/C16H25NO3S/c1-4-13-9-10-15(20-3)16(11-13)21(18,19)17-14-8-6-5-7-12(14)2/h9-12,14,17H,4-8H2,1-3H3/t12-,14+/m0/s1. The number of methoxy groups -OCH3 is 1. The quantitative estimate of drug-likeness (QED) is 0.909. The predicted octanol–water partition coefficient (Wildman–Crippen LogP) is 3.11. The van der Waals surface area contributed by atoms with E-state index in [0.717, 1.165) is 31.2 Å². The van der Waals surface area contributed by atoms with Gasteiger partial charge in [0.1, 0.15) is 10.6 Å². The van der Waals surface area contributed by atoms with Gasteiger partial charge >= 0.3 is 0 Å². The first-order valence-electron chi connectivity index (χ1n) is 7.67. The molecule has 0 amide bonds. The first kappa shape index (κ1) is 16.3. The molecule has 1 aromatic rings. The van der Waals surface area contributed by atoms with Gasteiger partial charge in [0.25, 0.3) is 0 Å². The van der Waals surface area contributed by atoms with Gasteiger partial charge in [-0.3, -0.25) is 0 Å². The van der Waals surface area contributed by atoms with Gasteiger partial charge in [0.15, 0.2) is 0 Å². The predicted molar refractivity (Wildman–Crippen MR) is 84.1 cm³/mol. The number of rotatable bonds is 5. The summed E-state index contributed by atoms with van der Waals surface area (Å²) in [4.78, 5) is 0.252. The van der Waals surface area contributed by atoms with Crippen molar-refractivity contribution in [2.24, 2.45) is 5.92 Å². The van der Waals surface area contributed by atoms with Crippen LogP contribution in [0.15, 0.2) is 23.1 Å². The van der Waals surface area contributed by atoms with Crippen LogP contribution in [0.3, 0.4) is 0 Å². The summed E-state index contributed by atoms with van der Waals surface area (Å²) >= 11 is 0. The molecule has 21 heavy (non-hydrogen) atoms. The van der Waals surface area contributed by atoms with Gasteiger partial charge in [0.05, 0.1) is 7.11 Å². The second-order valence-electron chi connectivity index (χ2n) is 5.83. The van der Waals surface area contributed by atoms with E-state index in [2.05, 4.69) is 11.6 Å². The second-order valence-corrected chi connectivity index (χ2v) is 7.51. The summed E-state index contributed by atoms with van der Waals surface area (Å²) in [6, 6.07) is 5.38. The Morgan fingerprint density at radius 3 is 2.62 bits per heavy atom. The lowest BCUT2D eigenvalue weighted by Crippen LogP contribution is -2.41. The van der Waals surface area contributed by atoms with Gasteiger partial charge in [-0.05, 0) is 42.9 Å². The van der Waals surface area contributed by atoms with Gasteiger partial charge < -0.3 is 4.74 Å². The molecule has 1 aromatic carbocycles. The van der Waals surface area contributed by atoms with E-state index >= 15 is 0 Å². The van der Waals surface area contributed by atoms with Crippen LogP contribution in [-0.2, 0) is 16.4 Å². The fourth-order valence-electron chi connectivity index (χ4n) is 2.91. The first-order chi connectivity index (χ1) is 9.97. The van der Waals surface area contributed by atoms with Gasteiger partial charge in [-0.15, -0.1) is 0 Å². The highest BCUT2D eigenvalue weighted by atomic mass is 32.2. The van der Waals surface area contributed by atoms with E-state index in [0.29, 0.717) is 11.7 Å². The van der Waals surface area contributed by atoms with E-state index < -0.39 is 10.0 Å². The molecule has 2 atom stereocenters. The van der Waals surface area contributed by atoms with Crippen LogP contribution in [0.1, 0.15) is 45.1 Å². The maximum Gasteiger partial charge on any atom is 0.244 e. The average Bonchev–Trinajstić information content (AvgIpc) is 2.48. The Morgan fingerprint density at radius 2 is 2.00 bits per heavy atom. The van der Waals surface area contributed by atoms with Gasteiger partial charge in [-0.2, -0.15) is 0 Å². The van der Waals surface area contributed by atoms with Crippen LogP contribution in [0.4, 0.5) is 0 Å². The van der Waals surface area contributed by atoms with Crippen molar-refractivity contribution in [3.05, 3.63) is 23.8 Å². The third-order valence-corrected chi connectivity index (χ3v) is 5.85. The van der Waals surface area contributed by atoms with Crippen molar-refractivity contribution in [3.63, 3.8) is 0 Å². The molecule has 0 unspecified atom stereocenters. The largest absolute Gasteiger partial charge is 0.495 e. The Hall–Kier alpha value is -1.07. The van der Waals surface area contributed by atoms with E-state index in [1.165, 1.54) is 13.5 Å². The molecule has 118 valence electrons. The molecule has 1 saturated carbocycles. The maximum atomic E-state index is 12.7. The van der Waals surface area contributed by atoms with Crippen LogP contribution in [0.2, 0.25) is 0 Å². The third kappa shape index (κ3) is 3.77. The Kier molecular flexibility index (Phi) is 5.27. The summed E-state index contributed by atoms with van der Waals surface area (Å²) in [5.74, 6) is 0.789. The highest BCUT2D eigenvalue weighted by Crippen LogP contribution is 2.29. The molecule has 0 aromatic heterocycles. The Labute approximate surface area is 127 Å². The lowest BCUT2D eigenvalue weighted by Gasteiger charge is -2.29. The normalized spacial score (nSPS) is 23.0. The number of sulfonamides is 1. The summed E-state index contributed by atoms with van der Waals surface area (Å²) in [5, 5.41) is 0. The molecule has 1 N–H and O–H groups in total. The van der Waals surface area contributed by atoms with Crippen molar-refractivity contribution in [3.8, 4) is 5.75 Å². The lowest BCUT2D eigenvalue weighted by molar-refractivity contribution is 0.310. The maximum absolute atomic E-state index is 12.7. The fraction of sp³-hybridized carbons (Fsp3) is 0.625. The van der Waals surface area contributed by atoms with Crippen molar-refractivity contribution >= 4 is 10.0 Å². The number of hydrogen-bond donors (Lipinski definition) is 1. The van der Waals surface area contributed by atoms with Crippen LogP contribution >= 0.6 is 0 Å². The molecule has 0 heterocycles. The van der Waals surface area contributed by atoms with Gasteiger partial charge in [0, 0.05) is 6.04 Å². The Bertz CT molecular complexity index is 583. The molecule has 1 fully saturated rings. The molecule has 5 heteroatoms. The third-order valence-electron chi connectivity index (χ3n) is 4.34. The molecule has 0 bridgehead atoms. The zero-order valence-corrected chi connectivity index (χ0v) is 13.9. The van der Waals surface area contributed by atoms with Crippen molar-refractivity contribution in [1.29, 1.82) is 0 Å². The minimum Gasteiger partial charge on any atom is -0.495 e. The van der Waals surface area contributed by atoms with Crippen molar-refractivity contribution in [2.75, 3.05) is 7.11 Å². The molecular weight excluding hydrogens is 286 g/mol. The van der Waals surface area contributed by atoms with E-state index in [1.807, 2.05) is 13.0 Å². The smallest absolute Gasteiger partial charge is 0.244 e. The Balaban J connectivity index is 2.30. The molecule has 0 aliphatic heterocycles. The molecule has 0 radical (unpaired) electrons. The number of aryl methyl sites for hydroxylation is 1. The summed E-state index contributed by atoms with van der Waals surface area (Å²) in [6.07, 6.45) is 5.07. The molecule has 1 aliphatic carbocycles. The highest BCUT2D eigenvalue weighted by Gasteiger charge is 2.28. The molecule has 4 nitrogen and oxygen atoms in total. The average molecular weight is 311 g/mol. The van der Waals surface area contributed by atoms with Gasteiger partial charge in [-0.1, -0.05) is 32.8 Å². The molecular formula is C16H25NO3S. The zero-order valence-electron chi connectivity index (χ0n) is 13.1. The number of nitrogens with one attached hydrogen (secondary N) is 1. The number of benzene rings is 1. The monoisotopic (exact) mass is 311 g/mol. The summed E-state index contributed by atoms with van der Waals surface area (Å²) < 4.78 is 33.5. The van der Waals surface area contributed by atoms with Crippen LogP contribution in [0, 0.1) is 5.92 Å². The molecule has 2 rings (SSSR count). The van der Waals surface area contributed by atoms with E-state index in [1.54, 1.807) is 12.1 Å². The first-order valence-corrected chi connectivity index (χ1v) is 9.15. The highest BCUT2D eigenvalue weighted by molar-refractivity contribution is 7.89. The van der Waals surface area contributed by atoms with Crippen LogP contribution in [-0.4, -0.2) is 21.6 Å². The number of hydrogen-bond acceptors (Lipinski definition) is 3. The van der Waals surface area contributed by atoms with Crippen molar-refractivity contribution in [2.45, 2.75) is 56.9 Å². The fourth-order valence-corrected chi connectivity index (χ4v) is 4.50. The lowest BCUT2D eigenvalue weighted by atomic mass is 9.87. The van der Waals surface area contributed by atoms with Gasteiger partial charge in [-0.25, -0.2) is 13.1 Å². The van der Waals surface area contributed by atoms with Crippen molar-refractivity contribution in [1.82, 2.24) is 4.72 Å².